The van der Waals surface area contributed by atoms with E-state index in [-0.39, 0.29) is 11.9 Å². The number of carbonyl (C=O) groups is 1. The number of rotatable bonds is 3. The number of nitrogens with zero attached hydrogens (tertiary/aromatic N) is 3. The molecule has 0 aliphatic carbocycles. The highest BCUT2D eigenvalue weighted by Crippen LogP contribution is 2.28. The number of likely N-dealkylation sites (tertiary alicyclic amines) is 1. The first kappa shape index (κ1) is 18.2. The van der Waals surface area contributed by atoms with Crippen molar-refractivity contribution in [2.45, 2.75) is 32.6 Å². The number of para-hydroxylation sites is 1. The number of aromatic nitrogens is 2. The normalized spacial score (nSPS) is 16.8. The third kappa shape index (κ3) is 3.76. The Hall–Kier alpha value is -3.15. The van der Waals surface area contributed by atoms with Gasteiger partial charge in [0.25, 0.3) is 0 Å². The smallest absolute Gasteiger partial charge is 0.321 e. The van der Waals surface area contributed by atoms with Gasteiger partial charge in [-0.2, -0.15) is 4.98 Å². The zero-order chi connectivity index (χ0) is 19.5. The molecule has 0 radical (unpaired) electrons. The molecule has 4 rings (SSSR count). The maximum absolute atomic E-state index is 12.8. The summed E-state index contributed by atoms with van der Waals surface area (Å²) in [5.74, 6) is 1.25. The summed E-state index contributed by atoms with van der Waals surface area (Å²) in [5, 5.41) is 7.19. The van der Waals surface area contributed by atoms with Crippen molar-refractivity contribution in [2.75, 3.05) is 18.4 Å². The van der Waals surface area contributed by atoms with Crippen LogP contribution in [0, 0.1) is 13.8 Å². The number of aryl methyl sites for hydroxylation is 2. The summed E-state index contributed by atoms with van der Waals surface area (Å²) in [6.45, 7) is 5.32. The lowest BCUT2D eigenvalue weighted by Gasteiger charge is -2.31. The van der Waals surface area contributed by atoms with Crippen molar-refractivity contribution in [3.63, 3.8) is 0 Å². The fraction of sp³-hybridized carbons (Fsp3) is 0.318. The number of anilines is 1. The SMILES string of the molecule is Cc1cccc(C)c1NC(=O)N1CCC[C@H](c2nc(-c3ccccc3)no2)C1. The van der Waals surface area contributed by atoms with Gasteiger partial charge in [0.05, 0.1) is 5.92 Å². The van der Waals surface area contributed by atoms with Crippen molar-refractivity contribution in [2.24, 2.45) is 0 Å². The Kier molecular flexibility index (Phi) is 5.10. The molecule has 1 aliphatic heterocycles. The van der Waals surface area contributed by atoms with Crippen molar-refractivity contribution < 1.29 is 9.32 Å². The van der Waals surface area contributed by atoms with Crippen molar-refractivity contribution in [3.05, 3.63) is 65.5 Å². The fourth-order valence-electron chi connectivity index (χ4n) is 3.67. The first-order valence-electron chi connectivity index (χ1n) is 9.63. The van der Waals surface area contributed by atoms with E-state index in [1.807, 2.05) is 67.3 Å². The van der Waals surface area contributed by atoms with Crippen molar-refractivity contribution >= 4 is 11.7 Å². The topological polar surface area (TPSA) is 71.3 Å². The molecule has 144 valence electrons. The van der Waals surface area contributed by atoms with E-state index < -0.39 is 0 Å². The van der Waals surface area contributed by atoms with Crippen LogP contribution in [0.5, 0.6) is 0 Å². The Morgan fingerprint density at radius 2 is 1.86 bits per heavy atom. The highest BCUT2D eigenvalue weighted by atomic mass is 16.5. The van der Waals surface area contributed by atoms with Gasteiger partial charge in [-0.25, -0.2) is 4.79 Å². The molecule has 1 N–H and O–H groups in total. The van der Waals surface area contributed by atoms with E-state index in [4.69, 9.17) is 4.52 Å². The molecule has 1 fully saturated rings. The number of hydrogen-bond acceptors (Lipinski definition) is 4. The van der Waals surface area contributed by atoms with Crippen LogP contribution in [-0.2, 0) is 0 Å². The predicted molar refractivity (Wildman–Crippen MR) is 108 cm³/mol. The summed E-state index contributed by atoms with van der Waals surface area (Å²) in [6.07, 6.45) is 1.84. The number of piperidine rings is 1. The molecule has 28 heavy (non-hydrogen) atoms. The molecule has 6 heteroatoms. The van der Waals surface area contributed by atoms with Crippen LogP contribution in [0.25, 0.3) is 11.4 Å². The number of urea groups is 1. The summed E-state index contributed by atoms with van der Waals surface area (Å²) >= 11 is 0. The quantitative estimate of drug-likeness (QED) is 0.715. The number of carbonyl (C=O) groups excluding carboxylic acids is 1. The van der Waals surface area contributed by atoms with Gasteiger partial charge in [-0.15, -0.1) is 0 Å². The Bertz CT molecular complexity index is 947. The van der Waals surface area contributed by atoms with E-state index in [1.165, 1.54) is 0 Å². The molecular weight excluding hydrogens is 352 g/mol. The van der Waals surface area contributed by atoms with Crippen LogP contribution in [0.15, 0.2) is 53.1 Å². The number of amides is 2. The summed E-state index contributed by atoms with van der Waals surface area (Å²) in [5.41, 5.74) is 3.94. The Balaban J connectivity index is 1.46. The van der Waals surface area contributed by atoms with Crippen LogP contribution in [0.1, 0.15) is 35.8 Å². The highest BCUT2D eigenvalue weighted by molar-refractivity contribution is 5.91. The summed E-state index contributed by atoms with van der Waals surface area (Å²) in [7, 11) is 0. The van der Waals surface area contributed by atoms with Crippen LogP contribution in [0.3, 0.4) is 0 Å². The monoisotopic (exact) mass is 376 g/mol. The highest BCUT2D eigenvalue weighted by Gasteiger charge is 2.29. The zero-order valence-electron chi connectivity index (χ0n) is 16.2. The van der Waals surface area contributed by atoms with Crippen molar-refractivity contribution in [1.29, 1.82) is 0 Å². The molecule has 2 aromatic carbocycles. The number of benzene rings is 2. The van der Waals surface area contributed by atoms with E-state index in [0.29, 0.717) is 18.3 Å². The van der Waals surface area contributed by atoms with Gasteiger partial charge in [-0.1, -0.05) is 53.7 Å². The van der Waals surface area contributed by atoms with Gasteiger partial charge in [-0.3, -0.25) is 0 Å². The Morgan fingerprint density at radius 1 is 1.11 bits per heavy atom. The predicted octanol–water partition coefficient (Wildman–Crippen LogP) is 4.76. The maximum Gasteiger partial charge on any atom is 0.321 e. The minimum Gasteiger partial charge on any atom is -0.339 e. The number of hydrogen-bond donors (Lipinski definition) is 1. The van der Waals surface area contributed by atoms with E-state index in [1.54, 1.807) is 0 Å². The maximum atomic E-state index is 12.8. The molecule has 0 bridgehead atoms. The summed E-state index contributed by atoms with van der Waals surface area (Å²) < 4.78 is 5.52. The molecule has 2 amide bonds. The van der Waals surface area contributed by atoms with Crippen LogP contribution in [0.2, 0.25) is 0 Å². The molecule has 6 nitrogen and oxygen atoms in total. The molecule has 2 heterocycles. The summed E-state index contributed by atoms with van der Waals surface area (Å²) in [6, 6.07) is 15.7. The van der Waals surface area contributed by atoms with E-state index in [0.717, 1.165) is 41.8 Å². The molecule has 3 aromatic rings. The van der Waals surface area contributed by atoms with Gasteiger partial charge in [-0.05, 0) is 37.8 Å². The molecule has 1 aliphatic rings. The van der Waals surface area contributed by atoms with Gasteiger partial charge in [0, 0.05) is 24.3 Å². The third-order valence-corrected chi connectivity index (χ3v) is 5.24. The second-order valence-corrected chi connectivity index (χ2v) is 7.30. The first-order chi connectivity index (χ1) is 13.6. The second kappa shape index (κ2) is 7.84. The molecule has 1 atom stereocenters. The average molecular weight is 376 g/mol. The van der Waals surface area contributed by atoms with Crippen molar-refractivity contribution in [1.82, 2.24) is 15.0 Å². The Labute approximate surface area is 164 Å². The first-order valence-corrected chi connectivity index (χ1v) is 9.63. The third-order valence-electron chi connectivity index (χ3n) is 5.24. The van der Waals surface area contributed by atoms with Gasteiger partial charge in [0.2, 0.25) is 11.7 Å². The second-order valence-electron chi connectivity index (χ2n) is 7.30. The fourth-order valence-corrected chi connectivity index (χ4v) is 3.67. The van der Waals surface area contributed by atoms with Crippen LogP contribution in [0.4, 0.5) is 10.5 Å². The average Bonchev–Trinajstić information content (AvgIpc) is 3.22. The summed E-state index contributed by atoms with van der Waals surface area (Å²) in [4.78, 5) is 19.2. The van der Waals surface area contributed by atoms with Gasteiger partial charge < -0.3 is 14.7 Å². The lowest BCUT2D eigenvalue weighted by Crippen LogP contribution is -2.41. The largest absolute Gasteiger partial charge is 0.339 e. The van der Waals surface area contributed by atoms with Crippen LogP contribution >= 0.6 is 0 Å². The standard InChI is InChI=1S/C22H24N4O2/c1-15-8-6-9-16(2)19(15)23-22(27)26-13-7-12-18(14-26)21-24-20(25-28-21)17-10-4-3-5-11-17/h3-6,8-11,18H,7,12-14H2,1-2H3,(H,23,27)/t18-/m0/s1. The molecule has 1 aromatic heterocycles. The van der Waals surface area contributed by atoms with Crippen LogP contribution < -0.4 is 5.32 Å². The van der Waals surface area contributed by atoms with Crippen LogP contribution in [-0.4, -0.2) is 34.2 Å². The molecule has 0 spiro atoms. The van der Waals surface area contributed by atoms with Gasteiger partial charge in [0.1, 0.15) is 0 Å². The lowest BCUT2D eigenvalue weighted by atomic mass is 9.98. The molecular formula is C22H24N4O2. The lowest BCUT2D eigenvalue weighted by molar-refractivity contribution is 0.184. The van der Waals surface area contributed by atoms with E-state index in [2.05, 4.69) is 15.5 Å². The van der Waals surface area contributed by atoms with Gasteiger partial charge >= 0.3 is 6.03 Å². The minimum atomic E-state index is -0.0788. The van der Waals surface area contributed by atoms with E-state index in [9.17, 15) is 4.79 Å². The Morgan fingerprint density at radius 3 is 2.61 bits per heavy atom. The van der Waals surface area contributed by atoms with Gasteiger partial charge in [0.15, 0.2) is 0 Å². The zero-order valence-corrected chi connectivity index (χ0v) is 16.2. The van der Waals surface area contributed by atoms with E-state index >= 15 is 0 Å². The molecule has 0 unspecified atom stereocenters. The molecule has 0 saturated carbocycles. The molecule has 1 saturated heterocycles. The minimum absolute atomic E-state index is 0.0578. The van der Waals surface area contributed by atoms with Crippen molar-refractivity contribution in [3.8, 4) is 11.4 Å². The number of nitrogens with one attached hydrogen (secondary N) is 1.